The van der Waals surface area contributed by atoms with Gasteiger partial charge in [0.15, 0.2) is 0 Å². The lowest BCUT2D eigenvalue weighted by molar-refractivity contribution is 0.451. The standard InChI is InChI=1S/C7H15NS/c1-9-7-4-2-6(8)3-5-7/h6-7H,2-5,8H2,1H3/t6-,7-. The monoisotopic (exact) mass is 145 g/mol. The third kappa shape index (κ3) is 2.18. The maximum Gasteiger partial charge on any atom is 0.00454 e. The summed E-state index contributed by atoms with van der Waals surface area (Å²) < 4.78 is 0. The Labute approximate surface area is 61.4 Å². The van der Waals surface area contributed by atoms with Gasteiger partial charge in [0.05, 0.1) is 0 Å². The molecule has 2 heteroatoms. The molecule has 0 saturated heterocycles. The topological polar surface area (TPSA) is 26.0 Å². The number of hydrogen-bond acceptors (Lipinski definition) is 2. The van der Waals surface area contributed by atoms with Crippen LogP contribution >= 0.6 is 11.8 Å². The Kier molecular flexibility index (Phi) is 2.86. The molecular weight excluding hydrogens is 130 g/mol. The van der Waals surface area contributed by atoms with Crippen LogP contribution in [0, 0.1) is 0 Å². The van der Waals surface area contributed by atoms with E-state index in [-0.39, 0.29) is 0 Å². The fraction of sp³-hybridized carbons (Fsp3) is 1.00. The SMILES string of the molecule is CS[C@H]1CC[C@H](N)CC1. The van der Waals surface area contributed by atoms with Gasteiger partial charge in [-0.2, -0.15) is 11.8 Å². The molecule has 1 rings (SSSR count). The minimum absolute atomic E-state index is 0.508. The minimum Gasteiger partial charge on any atom is -0.328 e. The first-order valence-electron chi connectivity index (χ1n) is 3.61. The summed E-state index contributed by atoms with van der Waals surface area (Å²) in [6.45, 7) is 0. The predicted molar refractivity (Wildman–Crippen MR) is 43.7 cm³/mol. The Morgan fingerprint density at radius 1 is 1.22 bits per heavy atom. The Morgan fingerprint density at radius 3 is 2.22 bits per heavy atom. The number of hydrogen-bond donors (Lipinski definition) is 1. The van der Waals surface area contributed by atoms with Gasteiger partial charge in [-0.15, -0.1) is 0 Å². The summed E-state index contributed by atoms with van der Waals surface area (Å²) in [6.07, 6.45) is 7.35. The van der Waals surface area contributed by atoms with E-state index in [2.05, 4.69) is 6.26 Å². The third-order valence-corrected chi connectivity index (χ3v) is 3.19. The average molecular weight is 145 g/mol. The van der Waals surface area contributed by atoms with Crippen molar-refractivity contribution in [1.29, 1.82) is 0 Å². The van der Waals surface area contributed by atoms with Gasteiger partial charge in [0, 0.05) is 11.3 Å². The molecule has 9 heavy (non-hydrogen) atoms. The van der Waals surface area contributed by atoms with Crippen LogP contribution in [0.3, 0.4) is 0 Å². The third-order valence-electron chi connectivity index (χ3n) is 2.05. The Morgan fingerprint density at radius 2 is 1.78 bits per heavy atom. The van der Waals surface area contributed by atoms with Crippen molar-refractivity contribution in [3.63, 3.8) is 0 Å². The van der Waals surface area contributed by atoms with Crippen LogP contribution in [0.15, 0.2) is 0 Å². The van der Waals surface area contributed by atoms with Gasteiger partial charge in [0.2, 0.25) is 0 Å². The number of nitrogens with two attached hydrogens (primary N) is 1. The molecule has 0 atom stereocenters. The summed E-state index contributed by atoms with van der Waals surface area (Å²) in [6, 6.07) is 0.508. The van der Waals surface area contributed by atoms with Gasteiger partial charge in [0.25, 0.3) is 0 Å². The summed E-state index contributed by atoms with van der Waals surface area (Å²) >= 11 is 1.99. The highest BCUT2D eigenvalue weighted by atomic mass is 32.2. The highest BCUT2D eigenvalue weighted by Crippen LogP contribution is 2.25. The summed E-state index contributed by atoms with van der Waals surface area (Å²) in [7, 11) is 0. The van der Waals surface area contributed by atoms with Crippen molar-refractivity contribution in [2.45, 2.75) is 37.0 Å². The van der Waals surface area contributed by atoms with Gasteiger partial charge in [-0.25, -0.2) is 0 Å². The summed E-state index contributed by atoms with van der Waals surface area (Å²) in [5.74, 6) is 0. The van der Waals surface area contributed by atoms with Gasteiger partial charge in [-0.05, 0) is 31.9 Å². The van der Waals surface area contributed by atoms with Gasteiger partial charge in [-0.1, -0.05) is 0 Å². The largest absolute Gasteiger partial charge is 0.328 e. The molecule has 0 bridgehead atoms. The molecule has 0 aromatic carbocycles. The van der Waals surface area contributed by atoms with Crippen LogP contribution < -0.4 is 5.73 Å². The molecule has 54 valence electrons. The second-order valence-electron chi connectivity index (χ2n) is 2.77. The number of thioether (sulfide) groups is 1. The molecule has 1 aliphatic rings. The first kappa shape index (κ1) is 7.42. The summed E-state index contributed by atoms with van der Waals surface area (Å²) in [4.78, 5) is 0. The molecule has 2 N–H and O–H groups in total. The van der Waals surface area contributed by atoms with Crippen molar-refractivity contribution in [3.05, 3.63) is 0 Å². The molecule has 1 nitrogen and oxygen atoms in total. The van der Waals surface area contributed by atoms with Crippen molar-refractivity contribution in [1.82, 2.24) is 0 Å². The van der Waals surface area contributed by atoms with Gasteiger partial charge < -0.3 is 5.73 Å². The quantitative estimate of drug-likeness (QED) is 0.607. The minimum atomic E-state index is 0.508. The van der Waals surface area contributed by atoms with E-state index in [1.165, 1.54) is 25.7 Å². The molecule has 0 radical (unpaired) electrons. The van der Waals surface area contributed by atoms with E-state index < -0.39 is 0 Å². The second-order valence-corrected chi connectivity index (χ2v) is 3.91. The molecule has 0 unspecified atom stereocenters. The van der Waals surface area contributed by atoms with E-state index in [0.717, 1.165) is 5.25 Å². The Hall–Kier alpha value is 0.310. The van der Waals surface area contributed by atoms with Crippen LogP contribution in [-0.2, 0) is 0 Å². The lowest BCUT2D eigenvalue weighted by atomic mass is 9.96. The molecule has 0 heterocycles. The van der Waals surface area contributed by atoms with E-state index in [1.54, 1.807) is 0 Å². The first-order valence-corrected chi connectivity index (χ1v) is 4.90. The smallest absolute Gasteiger partial charge is 0.00454 e. The van der Waals surface area contributed by atoms with Crippen LogP contribution in [0.5, 0.6) is 0 Å². The van der Waals surface area contributed by atoms with E-state index in [9.17, 15) is 0 Å². The zero-order valence-corrected chi connectivity index (χ0v) is 6.79. The van der Waals surface area contributed by atoms with Gasteiger partial charge in [-0.3, -0.25) is 0 Å². The van der Waals surface area contributed by atoms with Crippen molar-refractivity contribution in [2.75, 3.05) is 6.26 Å². The molecule has 0 aliphatic heterocycles. The highest BCUT2D eigenvalue weighted by Gasteiger charge is 2.16. The average Bonchev–Trinajstić information content (AvgIpc) is 1.90. The van der Waals surface area contributed by atoms with Crippen LogP contribution in [0.1, 0.15) is 25.7 Å². The zero-order chi connectivity index (χ0) is 6.69. The van der Waals surface area contributed by atoms with Crippen LogP contribution in [0.4, 0.5) is 0 Å². The lowest BCUT2D eigenvalue weighted by Gasteiger charge is -2.24. The maximum atomic E-state index is 5.74. The zero-order valence-electron chi connectivity index (χ0n) is 5.97. The van der Waals surface area contributed by atoms with Crippen LogP contribution in [-0.4, -0.2) is 17.5 Å². The fourth-order valence-electron chi connectivity index (χ4n) is 1.32. The van der Waals surface area contributed by atoms with E-state index in [1.807, 2.05) is 11.8 Å². The van der Waals surface area contributed by atoms with Crippen LogP contribution in [0.25, 0.3) is 0 Å². The Bertz CT molecular complexity index is 77.0. The maximum absolute atomic E-state index is 5.74. The van der Waals surface area contributed by atoms with Crippen molar-refractivity contribution in [2.24, 2.45) is 5.73 Å². The van der Waals surface area contributed by atoms with Crippen molar-refractivity contribution in [3.8, 4) is 0 Å². The molecule has 1 aliphatic carbocycles. The molecule has 1 fully saturated rings. The summed E-state index contributed by atoms with van der Waals surface area (Å²) in [5.41, 5.74) is 5.74. The lowest BCUT2D eigenvalue weighted by Crippen LogP contribution is -2.27. The van der Waals surface area contributed by atoms with E-state index in [4.69, 9.17) is 5.73 Å². The van der Waals surface area contributed by atoms with E-state index >= 15 is 0 Å². The van der Waals surface area contributed by atoms with Crippen molar-refractivity contribution >= 4 is 11.8 Å². The number of rotatable bonds is 1. The highest BCUT2D eigenvalue weighted by molar-refractivity contribution is 7.99. The molecule has 0 aromatic rings. The first-order chi connectivity index (χ1) is 4.33. The molecule has 0 aromatic heterocycles. The van der Waals surface area contributed by atoms with Crippen LogP contribution in [0.2, 0.25) is 0 Å². The normalized spacial score (nSPS) is 36.7. The fourth-order valence-corrected chi connectivity index (χ4v) is 2.07. The molecule has 1 saturated carbocycles. The molecule has 0 spiro atoms. The van der Waals surface area contributed by atoms with Gasteiger partial charge in [0.1, 0.15) is 0 Å². The predicted octanol–water partition coefficient (Wildman–Crippen LogP) is 1.62. The summed E-state index contributed by atoms with van der Waals surface area (Å²) in [5, 5.41) is 0.907. The van der Waals surface area contributed by atoms with Gasteiger partial charge >= 0.3 is 0 Å². The molecular formula is C7H15NS. The Balaban J connectivity index is 2.18. The molecule has 0 amide bonds. The van der Waals surface area contributed by atoms with Crippen molar-refractivity contribution < 1.29 is 0 Å². The van der Waals surface area contributed by atoms with E-state index in [0.29, 0.717) is 6.04 Å². The second kappa shape index (κ2) is 3.47.